The first-order valence-electron chi connectivity index (χ1n) is 11.1. The molecule has 0 fully saturated rings. The second-order valence-corrected chi connectivity index (χ2v) is 10.3. The van der Waals surface area contributed by atoms with Gasteiger partial charge >= 0.3 is 5.97 Å². The van der Waals surface area contributed by atoms with E-state index in [2.05, 4.69) is 32.6 Å². The van der Waals surface area contributed by atoms with E-state index in [0.29, 0.717) is 13.0 Å². The summed E-state index contributed by atoms with van der Waals surface area (Å²) >= 11 is 0. The molecule has 2 aromatic rings. The largest absolute Gasteiger partial charge is 0.508 e. The maximum Gasteiger partial charge on any atom is 0.328 e. The minimum Gasteiger partial charge on any atom is -0.508 e. The van der Waals surface area contributed by atoms with Crippen molar-refractivity contribution in [3.8, 4) is 5.75 Å². The topological polar surface area (TPSA) is 60.8 Å². The van der Waals surface area contributed by atoms with E-state index in [1.165, 1.54) is 18.2 Å². The Hall–Kier alpha value is -2.99. The van der Waals surface area contributed by atoms with E-state index in [-0.39, 0.29) is 28.3 Å². The minimum absolute atomic E-state index is 0.0113. The molecular formula is C27H29F2NO3. The number of aromatic hydroxyl groups is 1. The van der Waals surface area contributed by atoms with E-state index < -0.39 is 23.6 Å². The van der Waals surface area contributed by atoms with Crippen molar-refractivity contribution in [1.29, 1.82) is 0 Å². The van der Waals surface area contributed by atoms with Gasteiger partial charge < -0.3 is 10.2 Å². The van der Waals surface area contributed by atoms with Gasteiger partial charge in [0.15, 0.2) is 0 Å². The fourth-order valence-corrected chi connectivity index (χ4v) is 5.12. The summed E-state index contributed by atoms with van der Waals surface area (Å²) in [5.41, 5.74) is 4.08. The lowest BCUT2D eigenvalue weighted by molar-refractivity contribution is -0.131. The predicted octanol–water partition coefficient (Wildman–Crippen LogP) is 5.96. The van der Waals surface area contributed by atoms with Gasteiger partial charge in [-0.1, -0.05) is 26.8 Å². The Kier molecular flexibility index (Phi) is 5.91. The molecule has 2 N–H and O–H groups in total. The molecule has 4 nitrogen and oxygen atoms in total. The predicted molar refractivity (Wildman–Crippen MR) is 125 cm³/mol. The lowest BCUT2D eigenvalue weighted by Gasteiger charge is -2.45. The molecule has 1 aliphatic heterocycles. The number of benzene rings is 2. The summed E-state index contributed by atoms with van der Waals surface area (Å²) in [5, 5.41) is 18.9. The summed E-state index contributed by atoms with van der Waals surface area (Å²) < 4.78 is 31.0. The smallest absolute Gasteiger partial charge is 0.328 e. The summed E-state index contributed by atoms with van der Waals surface area (Å²) in [4.78, 5) is 13.0. The lowest BCUT2D eigenvalue weighted by Crippen LogP contribution is -2.45. The molecule has 1 heterocycles. The van der Waals surface area contributed by atoms with Crippen LogP contribution in [0, 0.1) is 17.0 Å². The maximum atomic E-state index is 15.5. The van der Waals surface area contributed by atoms with Crippen molar-refractivity contribution >= 4 is 17.6 Å². The Morgan fingerprint density at radius 2 is 1.85 bits per heavy atom. The Bertz CT molecular complexity index is 1150. The zero-order chi connectivity index (χ0) is 24.1. The van der Waals surface area contributed by atoms with E-state index >= 15 is 8.78 Å². The molecule has 33 heavy (non-hydrogen) atoms. The number of carboxylic acid groups (broad SMARTS) is 1. The summed E-state index contributed by atoms with van der Waals surface area (Å²) in [5.74, 6) is -2.39. The Morgan fingerprint density at radius 1 is 1.18 bits per heavy atom. The number of phenolic OH excluding ortho intramolecular Hbond substituents is 1. The van der Waals surface area contributed by atoms with Gasteiger partial charge in [-0.2, -0.15) is 0 Å². The van der Waals surface area contributed by atoms with Crippen LogP contribution in [0.2, 0.25) is 0 Å². The number of carbonyl (C=O) groups is 1. The third-order valence-corrected chi connectivity index (χ3v) is 6.36. The van der Waals surface area contributed by atoms with Crippen LogP contribution in [-0.4, -0.2) is 33.7 Å². The number of fused-ring (bicyclic) bond motifs is 2. The minimum atomic E-state index is -1.18. The second-order valence-electron chi connectivity index (χ2n) is 10.3. The normalized spacial score (nSPS) is 20.9. The van der Waals surface area contributed by atoms with Gasteiger partial charge in [-0.25, -0.2) is 13.6 Å². The van der Waals surface area contributed by atoms with Gasteiger partial charge in [0.1, 0.15) is 17.4 Å². The fraction of sp³-hybridized carbons (Fsp3) is 0.370. The molecule has 174 valence electrons. The van der Waals surface area contributed by atoms with Gasteiger partial charge in [0.25, 0.3) is 0 Å². The molecule has 0 radical (unpaired) electrons. The number of phenols is 1. The van der Waals surface area contributed by atoms with Crippen LogP contribution in [0.4, 0.5) is 8.78 Å². The first kappa shape index (κ1) is 23.2. The van der Waals surface area contributed by atoms with E-state index in [1.54, 1.807) is 12.1 Å². The average Bonchev–Trinajstić information content (AvgIpc) is 3.04. The molecule has 0 saturated heterocycles. The number of halogens is 2. The van der Waals surface area contributed by atoms with Crippen LogP contribution in [0.3, 0.4) is 0 Å². The molecule has 2 aliphatic rings. The number of aliphatic carboxylic acids is 1. The summed E-state index contributed by atoms with van der Waals surface area (Å²) in [6, 6.07) is 7.11. The van der Waals surface area contributed by atoms with Crippen LogP contribution in [0.1, 0.15) is 62.4 Å². The monoisotopic (exact) mass is 453 g/mol. The molecule has 2 aromatic carbocycles. The second kappa shape index (κ2) is 8.41. The lowest BCUT2D eigenvalue weighted by atomic mass is 9.82. The molecule has 0 unspecified atom stereocenters. The zero-order valence-electron chi connectivity index (χ0n) is 19.3. The third-order valence-electron chi connectivity index (χ3n) is 6.36. The van der Waals surface area contributed by atoms with Gasteiger partial charge in [-0.3, -0.25) is 4.90 Å². The molecular weight excluding hydrogens is 424 g/mol. The fourth-order valence-electron chi connectivity index (χ4n) is 5.12. The Labute approximate surface area is 192 Å². The van der Waals surface area contributed by atoms with E-state index in [0.717, 1.165) is 34.8 Å². The van der Waals surface area contributed by atoms with Crippen molar-refractivity contribution < 1.29 is 23.8 Å². The van der Waals surface area contributed by atoms with Crippen LogP contribution in [0.15, 0.2) is 42.0 Å². The molecule has 0 amide bonds. The highest BCUT2D eigenvalue weighted by molar-refractivity contribution is 5.85. The van der Waals surface area contributed by atoms with Crippen LogP contribution in [0.25, 0.3) is 11.6 Å². The van der Waals surface area contributed by atoms with Crippen molar-refractivity contribution in [2.24, 2.45) is 5.41 Å². The van der Waals surface area contributed by atoms with Crippen molar-refractivity contribution in [2.45, 2.75) is 52.6 Å². The molecule has 0 saturated carbocycles. The van der Waals surface area contributed by atoms with Crippen LogP contribution in [-0.2, 0) is 11.2 Å². The number of hydrogen-bond acceptors (Lipinski definition) is 3. The number of nitrogens with zero attached hydrogens (tertiary/aromatic N) is 1. The Morgan fingerprint density at radius 3 is 2.45 bits per heavy atom. The van der Waals surface area contributed by atoms with Gasteiger partial charge in [-0.15, -0.1) is 0 Å². The molecule has 4 rings (SSSR count). The van der Waals surface area contributed by atoms with Crippen LogP contribution >= 0.6 is 0 Å². The quantitative estimate of drug-likeness (QED) is 0.561. The Balaban J connectivity index is 1.87. The third kappa shape index (κ3) is 4.58. The number of hydrogen-bond donors (Lipinski definition) is 2. The maximum absolute atomic E-state index is 15.5. The van der Waals surface area contributed by atoms with Crippen molar-refractivity contribution in [3.63, 3.8) is 0 Å². The van der Waals surface area contributed by atoms with Gasteiger partial charge in [-0.05, 0) is 83.4 Å². The SMILES string of the molecule is C[C@@H]1CC2=C(Cc3ccc(O)cc32)[C@@H](c2c(F)cc(/C=C/C(=O)O)cc2F)N1CC(C)(C)C. The van der Waals surface area contributed by atoms with Crippen molar-refractivity contribution in [2.75, 3.05) is 6.54 Å². The molecule has 0 bridgehead atoms. The van der Waals surface area contributed by atoms with Gasteiger partial charge in [0.2, 0.25) is 0 Å². The first-order valence-corrected chi connectivity index (χ1v) is 11.1. The summed E-state index contributed by atoms with van der Waals surface area (Å²) in [7, 11) is 0. The highest BCUT2D eigenvalue weighted by Gasteiger charge is 2.42. The van der Waals surface area contributed by atoms with Crippen molar-refractivity contribution in [3.05, 3.63) is 75.9 Å². The van der Waals surface area contributed by atoms with Crippen molar-refractivity contribution in [1.82, 2.24) is 4.90 Å². The standard InChI is InChI=1S/C27H29F2NO3/c1-15-9-20-19-13-18(31)7-6-17(19)12-21(20)26(30(15)14-27(2,3)4)25-22(28)10-16(11-23(25)29)5-8-24(32)33/h5-8,10-11,13,15,26,31H,9,12,14H2,1-4H3,(H,32,33)/b8-5+/t15-,26+/m1/s1. The molecule has 0 spiro atoms. The average molecular weight is 454 g/mol. The zero-order valence-corrected chi connectivity index (χ0v) is 19.3. The van der Waals surface area contributed by atoms with Gasteiger partial charge in [0, 0.05) is 24.2 Å². The summed E-state index contributed by atoms with van der Waals surface area (Å²) in [6.45, 7) is 9.04. The highest BCUT2D eigenvalue weighted by atomic mass is 19.1. The van der Waals surface area contributed by atoms with Gasteiger partial charge in [0.05, 0.1) is 6.04 Å². The van der Waals surface area contributed by atoms with E-state index in [4.69, 9.17) is 5.11 Å². The van der Waals surface area contributed by atoms with E-state index in [1.807, 2.05) is 6.07 Å². The van der Waals surface area contributed by atoms with Crippen LogP contribution in [0.5, 0.6) is 5.75 Å². The summed E-state index contributed by atoms with van der Waals surface area (Å²) in [6.07, 6.45) is 3.36. The molecule has 2 atom stereocenters. The molecule has 1 aliphatic carbocycles. The molecule has 0 aromatic heterocycles. The number of carboxylic acids is 1. The number of rotatable bonds is 4. The van der Waals surface area contributed by atoms with E-state index in [9.17, 15) is 9.90 Å². The first-order chi connectivity index (χ1) is 15.4. The van der Waals surface area contributed by atoms with Crippen LogP contribution < -0.4 is 0 Å². The highest BCUT2D eigenvalue weighted by Crippen LogP contribution is 2.50. The molecule has 6 heteroatoms.